The molecule has 1 atom stereocenters. The molecule has 0 radical (unpaired) electrons. The van der Waals surface area contributed by atoms with Gasteiger partial charge in [-0.25, -0.2) is 0 Å². The molecular weight excluding hydrogens is 312 g/mol. The van der Waals surface area contributed by atoms with Crippen LogP contribution in [0.4, 0.5) is 0 Å². The minimum atomic E-state index is -0.280. The maximum atomic E-state index is 12.5. The molecule has 1 fully saturated rings. The minimum absolute atomic E-state index is 0.0557. The monoisotopic (exact) mass is 336 g/mol. The topological polar surface area (TPSA) is 77.1 Å². The van der Waals surface area contributed by atoms with Crippen LogP contribution in [0.5, 0.6) is 17.2 Å². The molecule has 1 aromatic carbocycles. The van der Waals surface area contributed by atoms with Crippen LogP contribution in [-0.2, 0) is 4.79 Å². The molecule has 0 saturated carbocycles. The van der Waals surface area contributed by atoms with Gasteiger partial charge in [0.2, 0.25) is 11.7 Å². The molecule has 1 aliphatic heterocycles. The Hall–Kier alpha value is -2.44. The van der Waals surface area contributed by atoms with Crippen LogP contribution in [0.15, 0.2) is 12.1 Å². The highest BCUT2D eigenvalue weighted by atomic mass is 16.5. The van der Waals surface area contributed by atoms with Crippen LogP contribution in [-0.4, -0.2) is 56.7 Å². The van der Waals surface area contributed by atoms with E-state index in [1.54, 1.807) is 17.0 Å². The number of methoxy groups -OCH3 is 3. The van der Waals surface area contributed by atoms with Gasteiger partial charge in [0.15, 0.2) is 11.5 Å². The maximum Gasteiger partial charge on any atom is 0.251 e. The van der Waals surface area contributed by atoms with Crippen molar-refractivity contribution >= 4 is 11.8 Å². The molecule has 1 aromatic rings. The third-order valence-corrected chi connectivity index (χ3v) is 4.04. The smallest absolute Gasteiger partial charge is 0.251 e. The Bertz CT molecular complexity index is 604. The van der Waals surface area contributed by atoms with E-state index in [4.69, 9.17) is 14.2 Å². The second-order valence-electron chi connectivity index (χ2n) is 5.93. The van der Waals surface area contributed by atoms with Crippen molar-refractivity contribution in [2.24, 2.45) is 0 Å². The Morgan fingerprint density at radius 1 is 1.17 bits per heavy atom. The van der Waals surface area contributed by atoms with Crippen LogP contribution >= 0.6 is 0 Å². The first kappa shape index (κ1) is 17.9. The fourth-order valence-corrected chi connectivity index (χ4v) is 2.81. The molecule has 1 saturated heterocycles. The summed E-state index contributed by atoms with van der Waals surface area (Å²) in [5.41, 5.74) is 0.389. The van der Waals surface area contributed by atoms with Gasteiger partial charge in [0.25, 0.3) is 5.91 Å². The molecule has 0 bridgehead atoms. The molecule has 2 rings (SSSR count). The van der Waals surface area contributed by atoms with Crippen LogP contribution in [0, 0.1) is 0 Å². The summed E-state index contributed by atoms with van der Waals surface area (Å²) in [6, 6.07) is 3.11. The Kier molecular flexibility index (Phi) is 5.54. The van der Waals surface area contributed by atoms with Gasteiger partial charge in [-0.1, -0.05) is 0 Å². The molecule has 1 aliphatic rings. The second-order valence-corrected chi connectivity index (χ2v) is 5.93. The van der Waals surface area contributed by atoms with Gasteiger partial charge in [0.05, 0.1) is 27.4 Å². The Morgan fingerprint density at radius 3 is 2.17 bits per heavy atom. The van der Waals surface area contributed by atoms with E-state index >= 15 is 0 Å². The van der Waals surface area contributed by atoms with Crippen LogP contribution in [0.3, 0.4) is 0 Å². The fraction of sp³-hybridized carbons (Fsp3) is 0.529. The van der Waals surface area contributed by atoms with Crippen molar-refractivity contribution in [3.05, 3.63) is 17.7 Å². The van der Waals surface area contributed by atoms with E-state index in [9.17, 15) is 9.59 Å². The number of ether oxygens (including phenoxy) is 3. The summed E-state index contributed by atoms with van der Waals surface area (Å²) in [5.74, 6) is 1.03. The lowest BCUT2D eigenvalue weighted by Gasteiger charge is -2.21. The highest BCUT2D eigenvalue weighted by Gasteiger charge is 2.32. The number of rotatable bonds is 6. The third kappa shape index (κ3) is 3.55. The van der Waals surface area contributed by atoms with Crippen molar-refractivity contribution in [2.45, 2.75) is 32.4 Å². The van der Waals surface area contributed by atoms with Crippen molar-refractivity contribution in [1.82, 2.24) is 10.2 Å². The number of carbonyl (C=O) groups excluding carboxylic acids is 2. The fourth-order valence-electron chi connectivity index (χ4n) is 2.81. The number of nitrogens with one attached hydrogen (secondary N) is 1. The zero-order valence-corrected chi connectivity index (χ0v) is 14.7. The maximum absolute atomic E-state index is 12.5. The molecule has 2 amide bonds. The average Bonchev–Trinajstić information content (AvgIpc) is 2.93. The summed E-state index contributed by atoms with van der Waals surface area (Å²) in [4.78, 5) is 26.2. The average molecular weight is 336 g/mol. The Labute approximate surface area is 141 Å². The van der Waals surface area contributed by atoms with Gasteiger partial charge in [-0.2, -0.15) is 0 Å². The first-order valence-electron chi connectivity index (χ1n) is 7.81. The Morgan fingerprint density at radius 2 is 1.75 bits per heavy atom. The van der Waals surface area contributed by atoms with Crippen molar-refractivity contribution in [1.29, 1.82) is 0 Å². The molecule has 1 N–H and O–H groups in total. The normalized spacial score (nSPS) is 17.2. The van der Waals surface area contributed by atoms with E-state index in [2.05, 4.69) is 5.32 Å². The molecule has 0 aromatic heterocycles. The largest absolute Gasteiger partial charge is 0.493 e. The number of hydrogen-bond donors (Lipinski definition) is 1. The van der Waals surface area contributed by atoms with Crippen LogP contribution < -0.4 is 19.5 Å². The molecule has 0 spiro atoms. The van der Waals surface area contributed by atoms with Gasteiger partial charge in [-0.15, -0.1) is 0 Å². The highest BCUT2D eigenvalue weighted by molar-refractivity contribution is 5.96. The highest BCUT2D eigenvalue weighted by Crippen LogP contribution is 2.38. The molecule has 7 nitrogen and oxygen atoms in total. The predicted octanol–water partition coefficient (Wildman–Crippen LogP) is 1.45. The molecular formula is C17H24N2O5. The summed E-state index contributed by atoms with van der Waals surface area (Å²) in [5, 5.41) is 2.90. The number of carbonyl (C=O) groups is 2. The molecule has 132 valence electrons. The minimum Gasteiger partial charge on any atom is -0.493 e. The summed E-state index contributed by atoms with van der Waals surface area (Å²) >= 11 is 0. The molecule has 0 aliphatic carbocycles. The van der Waals surface area contributed by atoms with E-state index in [1.165, 1.54) is 21.3 Å². The lowest BCUT2D eigenvalue weighted by Crippen LogP contribution is -2.38. The van der Waals surface area contributed by atoms with Gasteiger partial charge in [0, 0.05) is 24.6 Å². The first-order valence-corrected chi connectivity index (χ1v) is 7.81. The lowest BCUT2D eigenvalue weighted by molar-refractivity contribution is -0.129. The van der Waals surface area contributed by atoms with E-state index in [-0.39, 0.29) is 23.9 Å². The summed E-state index contributed by atoms with van der Waals surface area (Å²) < 4.78 is 15.8. The van der Waals surface area contributed by atoms with E-state index in [0.717, 1.165) is 0 Å². The first-order chi connectivity index (χ1) is 11.4. The van der Waals surface area contributed by atoms with Gasteiger partial charge in [-0.05, 0) is 26.0 Å². The van der Waals surface area contributed by atoms with E-state index in [1.807, 2.05) is 13.8 Å². The number of nitrogens with zero attached hydrogens (tertiary/aromatic N) is 1. The van der Waals surface area contributed by atoms with Crippen LogP contribution in [0.1, 0.15) is 30.6 Å². The van der Waals surface area contributed by atoms with Crippen LogP contribution in [0.25, 0.3) is 0 Å². The van der Waals surface area contributed by atoms with Gasteiger partial charge in [-0.3, -0.25) is 9.59 Å². The number of benzene rings is 1. The van der Waals surface area contributed by atoms with Crippen molar-refractivity contribution in [3.8, 4) is 17.2 Å². The van der Waals surface area contributed by atoms with E-state index in [0.29, 0.717) is 35.8 Å². The van der Waals surface area contributed by atoms with Gasteiger partial charge in [0.1, 0.15) is 0 Å². The zero-order valence-electron chi connectivity index (χ0n) is 14.7. The Balaban J connectivity index is 2.17. The number of hydrogen-bond acceptors (Lipinski definition) is 5. The van der Waals surface area contributed by atoms with E-state index < -0.39 is 0 Å². The van der Waals surface area contributed by atoms with Gasteiger partial charge < -0.3 is 24.4 Å². The zero-order chi connectivity index (χ0) is 17.9. The van der Waals surface area contributed by atoms with Crippen molar-refractivity contribution in [3.63, 3.8) is 0 Å². The summed E-state index contributed by atoms with van der Waals surface area (Å²) in [7, 11) is 4.50. The van der Waals surface area contributed by atoms with Crippen molar-refractivity contribution in [2.75, 3.05) is 27.9 Å². The molecule has 1 unspecified atom stereocenters. The number of amides is 2. The molecule has 7 heteroatoms. The third-order valence-electron chi connectivity index (χ3n) is 4.04. The predicted molar refractivity (Wildman–Crippen MR) is 88.8 cm³/mol. The summed E-state index contributed by atoms with van der Waals surface area (Å²) in [6.07, 6.45) is 0.314. The standard InChI is InChI=1S/C17H24N2O5/c1-10(2)19-9-12(8-15(19)20)18-17(21)11-6-13(22-3)16(24-5)14(7-11)23-4/h6-7,10,12H,8-9H2,1-5H3,(H,18,21). The molecule has 1 heterocycles. The summed E-state index contributed by atoms with van der Waals surface area (Å²) in [6.45, 7) is 4.44. The molecule has 24 heavy (non-hydrogen) atoms. The SMILES string of the molecule is COc1cc(C(=O)NC2CC(=O)N(C(C)C)C2)cc(OC)c1OC. The number of likely N-dealkylation sites (tertiary alicyclic amines) is 1. The lowest BCUT2D eigenvalue weighted by atomic mass is 10.1. The van der Waals surface area contributed by atoms with Gasteiger partial charge >= 0.3 is 0 Å². The quantitative estimate of drug-likeness (QED) is 0.851. The second kappa shape index (κ2) is 7.42. The van der Waals surface area contributed by atoms with Crippen LogP contribution in [0.2, 0.25) is 0 Å². The van der Waals surface area contributed by atoms with Crippen molar-refractivity contribution < 1.29 is 23.8 Å².